The number of hydrogen-bond donors (Lipinski definition) is 1. The summed E-state index contributed by atoms with van der Waals surface area (Å²) in [6, 6.07) is 7.99. The van der Waals surface area contributed by atoms with Crippen molar-refractivity contribution in [1.82, 2.24) is 5.32 Å². The molecule has 2 fully saturated rings. The molecular formula is C18H27N. The van der Waals surface area contributed by atoms with Crippen molar-refractivity contribution in [2.45, 2.75) is 70.3 Å². The predicted octanol–water partition coefficient (Wildman–Crippen LogP) is 4.26. The molecule has 1 aromatic rings. The minimum absolute atomic E-state index is 0.416. The molecule has 2 aliphatic rings. The van der Waals surface area contributed by atoms with Crippen LogP contribution >= 0.6 is 0 Å². The minimum atomic E-state index is 0.416. The molecule has 2 aliphatic carbocycles. The lowest BCUT2D eigenvalue weighted by atomic mass is 9.69. The van der Waals surface area contributed by atoms with Gasteiger partial charge in [-0.25, -0.2) is 0 Å². The van der Waals surface area contributed by atoms with Gasteiger partial charge in [-0.1, -0.05) is 37.5 Å². The summed E-state index contributed by atoms with van der Waals surface area (Å²) >= 11 is 0. The van der Waals surface area contributed by atoms with E-state index in [1.54, 1.807) is 5.56 Å². The van der Waals surface area contributed by atoms with Gasteiger partial charge in [0.2, 0.25) is 0 Å². The van der Waals surface area contributed by atoms with Crippen LogP contribution in [0.25, 0.3) is 0 Å². The largest absolute Gasteiger partial charge is 0.313 e. The van der Waals surface area contributed by atoms with Crippen molar-refractivity contribution < 1.29 is 0 Å². The summed E-state index contributed by atoms with van der Waals surface area (Å²) in [6.45, 7) is 5.67. The molecule has 0 unspecified atom stereocenters. The molecule has 104 valence electrons. The fraction of sp³-hybridized carbons (Fsp3) is 0.667. The number of rotatable bonds is 4. The van der Waals surface area contributed by atoms with Gasteiger partial charge in [0.15, 0.2) is 0 Å². The maximum atomic E-state index is 3.80. The Bertz CT molecular complexity index is 439. The Morgan fingerprint density at radius 1 is 1.05 bits per heavy atom. The van der Waals surface area contributed by atoms with Gasteiger partial charge in [-0.3, -0.25) is 0 Å². The summed E-state index contributed by atoms with van der Waals surface area (Å²) in [5, 5.41) is 3.80. The van der Waals surface area contributed by atoms with E-state index in [9.17, 15) is 0 Å². The van der Waals surface area contributed by atoms with Crippen molar-refractivity contribution in [3.63, 3.8) is 0 Å². The Kier molecular flexibility index (Phi) is 3.66. The average Bonchev–Trinajstić information content (AvgIpc) is 3.25. The van der Waals surface area contributed by atoms with E-state index in [1.165, 1.54) is 62.6 Å². The van der Waals surface area contributed by atoms with Gasteiger partial charge in [0.05, 0.1) is 0 Å². The zero-order chi connectivity index (χ0) is 13.3. The second-order valence-electron chi connectivity index (χ2n) is 6.80. The molecule has 19 heavy (non-hydrogen) atoms. The van der Waals surface area contributed by atoms with E-state index in [4.69, 9.17) is 0 Å². The Morgan fingerprint density at radius 2 is 1.79 bits per heavy atom. The van der Waals surface area contributed by atoms with Crippen molar-refractivity contribution in [2.24, 2.45) is 0 Å². The van der Waals surface area contributed by atoms with E-state index in [1.807, 2.05) is 0 Å². The normalized spacial score (nSPS) is 22.4. The van der Waals surface area contributed by atoms with Crippen LogP contribution in [0.15, 0.2) is 18.2 Å². The highest BCUT2D eigenvalue weighted by Gasteiger charge is 2.35. The average molecular weight is 257 g/mol. The predicted molar refractivity (Wildman–Crippen MR) is 81.7 cm³/mol. The first-order valence-electron chi connectivity index (χ1n) is 8.01. The highest BCUT2D eigenvalue weighted by atomic mass is 15.0. The molecule has 2 saturated carbocycles. The maximum Gasteiger partial charge on any atom is 0.00779 e. The van der Waals surface area contributed by atoms with E-state index >= 15 is 0 Å². The van der Waals surface area contributed by atoms with Gasteiger partial charge in [0.1, 0.15) is 0 Å². The molecule has 0 bridgehead atoms. The first-order valence-corrected chi connectivity index (χ1v) is 8.01. The van der Waals surface area contributed by atoms with Crippen LogP contribution in [0.1, 0.15) is 61.6 Å². The Balaban J connectivity index is 1.85. The van der Waals surface area contributed by atoms with Crippen LogP contribution in [0.3, 0.4) is 0 Å². The van der Waals surface area contributed by atoms with Gasteiger partial charge in [0, 0.05) is 18.0 Å². The first-order chi connectivity index (χ1) is 9.20. The molecule has 1 aromatic carbocycles. The number of aryl methyl sites for hydroxylation is 2. The molecule has 3 rings (SSSR count). The van der Waals surface area contributed by atoms with E-state index < -0.39 is 0 Å². The lowest BCUT2D eigenvalue weighted by Gasteiger charge is -2.38. The minimum Gasteiger partial charge on any atom is -0.313 e. The summed E-state index contributed by atoms with van der Waals surface area (Å²) in [5.74, 6) is 0. The van der Waals surface area contributed by atoms with Gasteiger partial charge in [0.25, 0.3) is 0 Å². The molecule has 0 saturated heterocycles. The monoisotopic (exact) mass is 257 g/mol. The third kappa shape index (κ3) is 2.86. The zero-order valence-corrected chi connectivity index (χ0v) is 12.5. The van der Waals surface area contributed by atoms with E-state index in [0.717, 1.165) is 6.04 Å². The van der Waals surface area contributed by atoms with Gasteiger partial charge in [-0.05, 0) is 56.2 Å². The van der Waals surface area contributed by atoms with Crippen LogP contribution < -0.4 is 5.32 Å². The van der Waals surface area contributed by atoms with E-state index in [-0.39, 0.29) is 0 Å². The number of nitrogens with one attached hydrogen (secondary N) is 1. The smallest absolute Gasteiger partial charge is 0.00779 e. The second-order valence-corrected chi connectivity index (χ2v) is 6.80. The summed E-state index contributed by atoms with van der Waals surface area (Å²) in [5.41, 5.74) is 4.88. The SMILES string of the molecule is Cc1ccc(C2(CNC3CC3)CCCCC2)cc1C. The van der Waals surface area contributed by atoms with Gasteiger partial charge >= 0.3 is 0 Å². The standard InChI is InChI=1S/C18H27N/c1-14-6-7-16(12-15(14)2)18(10-4-3-5-11-18)13-19-17-8-9-17/h6-7,12,17,19H,3-5,8-11,13H2,1-2H3. The van der Waals surface area contributed by atoms with Crippen LogP contribution in [0.2, 0.25) is 0 Å². The third-order valence-electron chi connectivity index (χ3n) is 5.24. The fourth-order valence-corrected chi connectivity index (χ4v) is 3.49. The van der Waals surface area contributed by atoms with Gasteiger partial charge in [-0.2, -0.15) is 0 Å². The molecule has 0 heterocycles. The number of hydrogen-bond acceptors (Lipinski definition) is 1. The van der Waals surface area contributed by atoms with Crippen LogP contribution in [-0.4, -0.2) is 12.6 Å². The summed E-state index contributed by atoms with van der Waals surface area (Å²) in [6.07, 6.45) is 9.75. The molecular weight excluding hydrogens is 230 g/mol. The lowest BCUT2D eigenvalue weighted by Crippen LogP contribution is -2.40. The summed E-state index contributed by atoms with van der Waals surface area (Å²) in [7, 11) is 0. The quantitative estimate of drug-likeness (QED) is 0.850. The molecule has 1 heteroatoms. The first kappa shape index (κ1) is 13.2. The Morgan fingerprint density at radius 3 is 2.42 bits per heavy atom. The molecule has 1 N–H and O–H groups in total. The van der Waals surface area contributed by atoms with Crippen molar-refractivity contribution in [1.29, 1.82) is 0 Å². The lowest BCUT2D eigenvalue weighted by molar-refractivity contribution is 0.279. The van der Waals surface area contributed by atoms with Crippen LogP contribution in [0.4, 0.5) is 0 Å². The highest BCUT2D eigenvalue weighted by molar-refractivity contribution is 5.35. The summed E-state index contributed by atoms with van der Waals surface area (Å²) < 4.78 is 0. The molecule has 0 aliphatic heterocycles. The van der Waals surface area contributed by atoms with Crippen LogP contribution in [0, 0.1) is 13.8 Å². The van der Waals surface area contributed by atoms with Crippen LogP contribution in [0.5, 0.6) is 0 Å². The van der Waals surface area contributed by atoms with Crippen molar-refractivity contribution in [2.75, 3.05) is 6.54 Å². The zero-order valence-electron chi connectivity index (χ0n) is 12.5. The Hall–Kier alpha value is -0.820. The molecule has 0 aromatic heterocycles. The number of benzene rings is 1. The molecule has 0 spiro atoms. The topological polar surface area (TPSA) is 12.0 Å². The van der Waals surface area contributed by atoms with Crippen molar-refractivity contribution in [3.8, 4) is 0 Å². The van der Waals surface area contributed by atoms with Gasteiger partial charge < -0.3 is 5.32 Å². The Labute approximate surface area is 117 Å². The highest BCUT2D eigenvalue weighted by Crippen LogP contribution is 2.40. The van der Waals surface area contributed by atoms with Crippen molar-refractivity contribution >= 4 is 0 Å². The van der Waals surface area contributed by atoms with E-state index in [2.05, 4.69) is 37.4 Å². The molecule has 0 amide bonds. The summed E-state index contributed by atoms with van der Waals surface area (Å²) in [4.78, 5) is 0. The second kappa shape index (κ2) is 5.28. The molecule has 1 nitrogen and oxygen atoms in total. The molecule has 0 atom stereocenters. The van der Waals surface area contributed by atoms with Gasteiger partial charge in [-0.15, -0.1) is 0 Å². The van der Waals surface area contributed by atoms with Crippen molar-refractivity contribution in [3.05, 3.63) is 34.9 Å². The van der Waals surface area contributed by atoms with Crippen LogP contribution in [-0.2, 0) is 5.41 Å². The fourth-order valence-electron chi connectivity index (χ4n) is 3.49. The van der Waals surface area contributed by atoms with E-state index in [0.29, 0.717) is 5.41 Å². The third-order valence-corrected chi connectivity index (χ3v) is 5.24. The maximum absolute atomic E-state index is 3.80. The molecule has 0 radical (unpaired) electrons.